The van der Waals surface area contributed by atoms with Crippen LogP contribution >= 0.6 is 0 Å². The molecule has 0 saturated heterocycles. The lowest BCUT2D eigenvalue weighted by Gasteiger charge is -2.13. The number of hydrogen-bond acceptors (Lipinski definition) is 12. The van der Waals surface area contributed by atoms with Gasteiger partial charge in [0.2, 0.25) is 0 Å². The first kappa shape index (κ1) is 45.1. The summed E-state index contributed by atoms with van der Waals surface area (Å²) in [5.41, 5.74) is 0.889. The Labute approximate surface area is 305 Å². The van der Waals surface area contributed by atoms with E-state index in [-0.39, 0.29) is 25.0 Å². The Hall–Kier alpha value is -2.04. The fourth-order valence-corrected chi connectivity index (χ4v) is 5.02. The van der Waals surface area contributed by atoms with E-state index in [2.05, 4.69) is 6.92 Å². The van der Waals surface area contributed by atoms with Crippen LogP contribution in [0.2, 0.25) is 0 Å². The van der Waals surface area contributed by atoms with Gasteiger partial charge in [-0.3, -0.25) is 14.5 Å². The molecule has 0 bridgehead atoms. The van der Waals surface area contributed by atoms with Crippen molar-refractivity contribution in [2.75, 3.05) is 139 Å². The molecule has 0 unspecified atom stereocenters. The first-order valence-electron chi connectivity index (χ1n) is 19.0. The highest BCUT2D eigenvalue weighted by molar-refractivity contribution is 6.21. The molecule has 0 saturated carbocycles. The van der Waals surface area contributed by atoms with Gasteiger partial charge in [0.25, 0.3) is 11.8 Å². The Morgan fingerprint density at radius 3 is 0.980 bits per heavy atom. The van der Waals surface area contributed by atoms with Crippen LogP contribution in [-0.2, 0) is 47.4 Å². The van der Waals surface area contributed by atoms with E-state index in [1.807, 2.05) is 0 Å². The Balaban J connectivity index is 1.16. The number of ether oxygens (including phenoxy) is 10. The number of unbranched alkanes of at least 4 members (excludes halogenated alkanes) is 7. The van der Waals surface area contributed by atoms with Crippen molar-refractivity contribution in [2.24, 2.45) is 0 Å². The molecule has 1 aromatic carbocycles. The van der Waals surface area contributed by atoms with Crippen molar-refractivity contribution in [3.8, 4) is 0 Å². The Morgan fingerprint density at radius 2 is 0.647 bits per heavy atom. The average molecular weight is 728 g/mol. The van der Waals surface area contributed by atoms with Gasteiger partial charge in [-0.2, -0.15) is 0 Å². The van der Waals surface area contributed by atoms with E-state index >= 15 is 0 Å². The second-order valence-electron chi connectivity index (χ2n) is 11.9. The summed E-state index contributed by atoms with van der Waals surface area (Å²) < 4.78 is 55.1. The molecule has 13 nitrogen and oxygen atoms in total. The molecule has 0 atom stereocenters. The highest BCUT2D eigenvalue weighted by atomic mass is 16.6. The summed E-state index contributed by atoms with van der Waals surface area (Å²) in [5.74, 6) is -0.549. The minimum Gasteiger partial charge on any atom is -0.379 e. The first-order chi connectivity index (χ1) is 25.3. The molecule has 0 aromatic heterocycles. The number of amides is 2. The smallest absolute Gasteiger partial charge is 0.261 e. The molecule has 294 valence electrons. The number of benzene rings is 1. The number of imide groups is 1. The topological polar surface area (TPSA) is 130 Å². The van der Waals surface area contributed by atoms with Crippen molar-refractivity contribution in [2.45, 2.75) is 58.3 Å². The van der Waals surface area contributed by atoms with E-state index in [9.17, 15) is 9.59 Å². The number of carbonyl (C=O) groups is 2. The fraction of sp³-hybridized carbons (Fsp3) is 0.789. The summed E-state index contributed by atoms with van der Waals surface area (Å²) in [5, 5.41) is 0. The maximum Gasteiger partial charge on any atom is 0.261 e. The van der Waals surface area contributed by atoms with Crippen LogP contribution in [0.1, 0.15) is 79.0 Å². The van der Waals surface area contributed by atoms with Gasteiger partial charge in [0.15, 0.2) is 0 Å². The number of fused-ring (bicyclic) bond motifs is 1. The fourth-order valence-electron chi connectivity index (χ4n) is 5.02. The standard InChI is InChI=1S/C38H65NO12/c1-2-3-4-5-6-7-8-11-15-42-17-19-44-21-23-46-25-27-48-29-31-50-33-34-51-32-30-49-28-26-47-24-22-45-20-18-43-16-14-39-37(40)35-12-9-10-13-36(35)38(39)41/h9-10,12-13H,2-8,11,14-34H2,1H3. The summed E-state index contributed by atoms with van der Waals surface area (Å²) in [6.45, 7) is 12.6. The number of nitrogens with zero attached hydrogens (tertiary/aromatic N) is 1. The average Bonchev–Trinajstić information content (AvgIpc) is 3.39. The summed E-state index contributed by atoms with van der Waals surface area (Å²) in [4.78, 5) is 25.8. The highest BCUT2D eigenvalue weighted by Gasteiger charge is 2.34. The maximum absolute atomic E-state index is 12.3. The Bertz CT molecular complexity index is 934. The lowest BCUT2D eigenvalue weighted by molar-refractivity contribution is -0.0265. The van der Waals surface area contributed by atoms with E-state index in [0.29, 0.717) is 130 Å². The van der Waals surface area contributed by atoms with Crippen LogP contribution in [0, 0.1) is 0 Å². The van der Waals surface area contributed by atoms with E-state index in [4.69, 9.17) is 47.4 Å². The van der Waals surface area contributed by atoms with Gasteiger partial charge in [0.1, 0.15) is 0 Å². The molecule has 0 fully saturated rings. The monoisotopic (exact) mass is 727 g/mol. The van der Waals surface area contributed by atoms with E-state index in [1.165, 1.54) is 49.8 Å². The van der Waals surface area contributed by atoms with Crippen molar-refractivity contribution < 1.29 is 57.0 Å². The minimum absolute atomic E-state index is 0.217. The van der Waals surface area contributed by atoms with E-state index < -0.39 is 0 Å². The summed E-state index contributed by atoms with van der Waals surface area (Å²) >= 11 is 0. The van der Waals surface area contributed by atoms with Gasteiger partial charge >= 0.3 is 0 Å². The van der Waals surface area contributed by atoms with Gasteiger partial charge in [-0.25, -0.2) is 0 Å². The molecule has 1 heterocycles. The SMILES string of the molecule is CCCCCCCCCCOCCOCCOCCOCCOCCOCCOCCOCCOCCOCCN1C(=O)c2ccccc2C1=O. The van der Waals surface area contributed by atoms with Crippen molar-refractivity contribution in [1.29, 1.82) is 0 Å². The molecule has 13 heteroatoms. The molecule has 1 aliphatic heterocycles. The third kappa shape index (κ3) is 24.0. The molecule has 0 N–H and O–H groups in total. The molecule has 0 radical (unpaired) electrons. The van der Waals surface area contributed by atoms with Crippen molar-refractivity contribution >= 4 is 11.8 Å². The molecule has 2 amide bonds. The third-order valence-corrected chi connectivity index (χ3v) is 7.83. The first-order valence-corrected chi connectivity index (χ1v) is 19.0. The second kappa shape index (κ2) is 33.8. The molecular weight excluding hydrogens is 662 g/mol. The van der Waals surface area contributed by atoms with Gasteiger partial charge in [-0.1, -0.05) is 64.0 Å². The van der Waals surface area contributed by atoms with Crippen LogP contribution in [0.15, 0.2) is 24.3 Å². The van der Waals surface area contributed by atoms with Crippen LogP contribution in [0.4, 0.5) is 0 Å². The van der Waals surface area contributed by atoms with Gasteiger partial charge < -0.3 is 47.4 Å². The van der Waals surface area contributed by atoms with Crippen molar-refractivity contribution in [3.63, 3.8) is 0 Å². The van der Waals surface area contributed by atoms with Crippen LogP contribution in [0.3, 0.4) is 0 Å². The second-order valence-corrected chi connectivity index (χ2v) is 11.9. The highest BCUT2D eigenvalue weighted by Crippen LogP contribution is 2.21. The zero-order valence-corrected chi connectivity index (χ0v) is 31.2. The number of carbonyl (C=O) groups excluding carboxylic acids is 2. The molecular formula is C38H65NO12. The predicted octanol–water partition coefficient (Wildman–Crippen LogP) is 4.59. The van der Waals surface area contributed by atoms with E-state index in [0.717, 1.165) is 13.0 Å². The maximum atomic E-state index is 12.3. The zero-order chi connectivity index (χ0) is 36.3. The molecule has 0 spiro atoms. The molecule has 2 rings (SSSR count). The summed E-state index contributed by atoms with van der Waals surface area (Å²) in [7, 11) is 0. The van der Waals surface area contributed by atoms with Gasteiger partial charge in [0.05, 0.1) is 143 Å². The van der Waals surface area contributed by atoms with Crippen molar-refractivity contribution in [3.05, 3.63) is 35.4 Å². The lowest BCUT2D eigenvalue weighted by Crippen LogP contribution is -2.33. The van der Waals surface area contributed by atoms with Crippen LogP contribution in [0.5, 0.6) is 0 Å². The van der Waals surface area contributed by atoms with Crippen molar-refractivity contribution in [1.82, 2.24) is 4.90 Å². The number of hydrogen-bond donors (Lipinski definition) is 0. The lowest BCUT2D eigenvalue weighted by atomic mass is 10.1. The van der Waals surface area contributed by atoms with Gasteiger partial charge in [0, 0.05) is 6.61 Å². The Morgan fingerprint density at radius 1 is 0.373 bits per heavy atom. The molecule has 1 aromatic rings. The summed E-state index contributed by atoms with van der Waals surface area (Å²) in [6, 6.07) is 6.83. The minimum atomic E-state index is -0.275. The number of rotatable bonds is 39. The normalized spacial score (nSPS) is 12.8. The van der Waals surface area contributed by atoms with E-state index in [1.54, 1.807) is 24.3 Å². The molecule has 51 heavy (non-hydrogen) atoms. The van der Waals surface area contributed by atoms with Crippen LogP contribution < -0.4 is 0 Å². The quantitative estimate of drug-likeness (QED) is 0.0695. The Kier molecular flexibility index (Phi) is 29.9. The summed E-state index contributed by atoms with van der Waals surface area (Å²) in [6.07, 6.45) is 10.5. The molecule has 0 aliphatic carbocycles. The predicted molar refractivity (Wildman–Crippen MR) is 193 cm³/mol. The van der Waals surface area contributed by atoms with Crippen LogP contribution in [0.25, 0.3) is 0 Å². The third-order valence-electron chi connectivity index (χ3n) is 7.83. The molecule has 1 aliphatic rings. The van der Waals surface area contributed by atoms with Crippen LogP contribution in [-0.4, -0.2) is 155 Å². The van der Waals surface area contributed by atoms with Gasteiger partial charge in [-0.05, 0) is 18.6 Å². The zero-order valence-electron chi connectivity index (χ0n) is 31.2. The van der Waals surface area contributed by atoms with Gasteiger partial charge in [-0.15, -0.1) is 0 Å². The largest absolute Gasteiger partial charge is 0.379 e.